The summed E-state index contributed by atoms with van der Waals surface area (Å²) in [4.78, 5) is 11.1. The molecule has 0 saturated carbocycles. The van der Waals surface area contributed by atoms with Gasteiger partial charge in [-0.05, 0) is 25.5 Å². The van der Waals surface area contributed by atoms with E-state index in [1.807, 2.05) is 4.72 Å². The minimum atomic E-state index is -3.93. The van der Waals surface area contributed by atoms with Crippen LogP contribution in [0.15, 0.2) is 23.1 Å². The van der Waals surface area contributed by atoms with Crippen molar-refractivity contribution in [1.29, 1.82) is 0 Å². The van der Waals surface area contributed by atoms with Crippen molar-refractivity contribution in [1.82, 2.24) is 10.0 Å². The number of amides is 2. The fourth-order valence-electron chi connectivity index (χ4n) is 1.41. The lowest BCUT2D eigenvalue weighted by molar-refractivity contribution is 0.246. The number of urea groups is 1. The number of nitrogens with one attached hydrogen (secondary N) is 2. The van der Waals surface area contributed by atoms with E-state index in [9.17, 15) is 13.2 Å². The zero-order chi connectivity index (χ0) is 13.1. The van der Waals surface area contributed by atoms with Gasteiger partial charge in [0.05, 0.1) is 5.69 Å². The second-order valence-electron chi connectivity index (χ2n) is 3.46. The van der Waals surface area contributed by atoms with E-state index in [1.54, 1.807) is 26.0 Å². The van der Waals surface area contributed by atoms with E-state index in [1.165, 1.54) is 6.07 Å². The number of carbonyl (C=O) groups is 1. The fourth-order valence-corrected chi connectivity index (χ4v) is 2.70. The predicted molar refractivity (Wildman–Crippen MR) is 65.0 cm³/mol. The SMILES string of the molecule is CCNC(=O)NS(=O)(=O)c1c(C)cccc1N. The van der Waals surface area contributed by atoms with E-state index in [0.717, 1.165) is 0 Å². The Labute approximate surface area is 100 Å². The van der Waals surface area contributed by atoms with Crippen molar-refractivity contribution in [3.05, 3.63) is 23.8 Å². The van der Waals surface area contributed by atoms with Gasteiger partial charge in [-0.15, -0.1) is 0 Å². The Morgan fingerprint density at radius 2 is 2.06 bits per heavy atom. The molecule has 1 aromatic carbocycles. The fraction of sp³-hybridized carbons (Fsp3) is 0.300. The van der Waals surface area contributed by atoms with Gasteiger partial charge in [0.1, 0.15) is 4.90 Å². The molecule has 94 valence electrons. The van der Waals surface area contributed by atoms with Gasteiger partial charge in [-0.1, -0.05) is 12.1 Å². The van der Waals surface area contributed by atoms with E-state index in [4.69, 9.17) is 5.73 Å². The number of nitrogens with two attached hydrogens (primary N) is 1. The van der Waals surface area contributed by atoms with Gasteiger partial charge in [0.25, 0.3) is 10.0 Å². The number of hydrogen-bond donors (Lipinski definition) is 3. The molecule has 2 amide bonds. The van der Waals surface area contributed by atoms with Crippen LogP contribution in [-0.4, -0.2) is 21.0 Å². The van der Waals surface area contributed by atoms with Gasteiger partial charge < -0.3 is 11.1 Å². The second kappa shape index (κ2) is 5.05. The Balaban J connectivity index is 3.10. The van der Waals surface area contributed by atoms with Crippen molar-refractivity contribution in [2.75, 3.05) is 12.3 Å². The first-order valence-electron chi connectivity index (χ1n) is 5.04. The summed E-state index contributed by atoms with van der Waals surface area (Å²) in [5.74, 6) is 0. The number of nitrogen functional groups attached to an aromatic ring is 1. The highest BCUT2D eigenvalue weighted by molar-refractivity contribution is 7.90. The van der Waals surface area contributed by atoms with Gasteiger partial charge in [0.2, 0.25) is 0 Å². The van der Waals surface area contributed by atoms with Crippen LogP contribution in [0.1, 0.15) is 12.5 Å². The average molecular weight is 257 g/mol. The first-order valence-corrected chi connectivity index (χ1v) is 6.52. The van der Waals surface area contributed by atoms with E-state index in [0.29, 0.717) is 12.1 Å². The highest BCUT2D eigenvalue weighted by Crippen LogP contribution is 2.21. The molecule has 0 saturated heterocycles. The van der Waals surface area contributed by atoms with Crippen molar-refractivity contribution >= 4 is 21.7 Å². The Morgan fingerprint density at radius 1 is 1.41 bits per heavy atom. The Morgan fingerprint density at radius 3 is 2.59 bits per heavy atom. The molecule has 0 aliphatic rings. The molecular formula is C10H15N3O3S. The zero-order valence-corrected chi connectivity index (χ0v) is 10.5. The number of aryl methyl sites for hydroxylation is 1. The summed E-state index contributed by atoms with van der Waals surface area (Å²) in [7, 11) is -3.93. The van der Waals surface area contributed by atoms with Crippen molar-refractivity contribution in [2.24, 2.45) is 0 Å². The average Bonchev–Trinajstić information content (AvgIpc) is 2.15. The first-order chi connectivity index (χ1) is 7.88. The van der Waals surface area contributed by atoms with E-state index in [2.05, 4.69) is 5.32 Å². The smallest absolute Gasteiger partial charge is 0.328 e. The third-order valence-electron chi connectivity index (χ3n) is 2.08. The summed E-state index contributed by atoms with van der Waals surface area (Å²) >= 11 is 0. The standard InChI is InChI=1S/C10H15N3O3S/c1-3-12-10(14)13-17(15,16)9-7(2)5-4-6-8(9)11/h4-6H,3,11H2,1-2H3,(H2,12,13,14). The first kappa shape index (κ1) is 13.3. The van der Waals surface area contributed by atoms with Crippen molar-refractivity contribution in [3.63, 3.8) is 0 Å². The maximum Gasteiger partial charge on any atom is 0.328 e. The van der Waals surface area contributed by atoms with Gasteiger partial charge in [-0.3, -0.25) is 0 Å². The number of sulfonamides is 1. The molecule has 0 atom stereocenters. The molecule has 1 aromatic rings. The number of anilines is 1. The molecule has 0 bridgehead atoms. The van der Waals surface area contributed by atoms with Crippen LogP contribution >= 0.6 is 0 Å². The topological polar surface area (TPSA) is 101 Å². The maximum atomic E-state index is 11.9. The van der Waals surface area contributed by atoms with Crippen LogP contribution in [0.25, 0.3) is 0 Å². The Hall–Kier alpha value is -1.76. The summed E-state index contributed by atoms with van der Waals surface area (Å²) in [6, 6.07) is 3.97. The summed E-state index contributed by atoms with van der Waals surface area (Å²) in [6.07, 6.45) is 0. The van der Waals surface area contributed by atoms with E-state index in [-0.39, 0.29) is 10.6 Å². The predicted octanol–water partition coefficient (Wildman–Crippen LogP) is 0.585. The molecule has 0 unspecified atom stereocenters. The van der Waals surface area contributed by atoms with Crippen LogP contribution in [0.3, 0.4) is 0 Å². The molecule has 0 aliphatic carbocycles. The number of rotatable bonds is 3. The van der Waals surface area contributed by atoms with Crippen molar-refractivity contribution < 1.29 is 13.2 Å². The quantitative estimate of drug-likeness (QED) is 0.689. The summed E-state index contributed by atoms with van der Waals surface area (Å²) in [5.41, 5.74) is 6.21. The lowest BCUT2D eigenvalue weighted by Crippen LogP contribution is -2.39. The normalized spacial score (nSPS) is 10.9. The molecule has 0 heterocycles. The van der Waals surface area contributed by atoms with E-state index < -0.39 is 16.1 Å². The molecule has 6 nitrogen and oxygen atoms in total. The molecule has 7 heteroatoms. The summed E-state index contributed by atoms with van der Waals surface area (Å²) in [5, 5.41) is 2.34. The van der Waals surface area contributed by atoms with Crippen LogP contribution in [0.4, 0.5) is 10.5 Å². The molecule has 0 fully saturated rings. The van der Waals surface area contributed by atoms with Crippen LogP contribution in [0.5, 0.6) is 0 Å². The van der Waals surface area contributed by atoms with Crippen molar-refractivity contribution in [3.8, 4) is 0 Å². The van der Waals surface area contributed by atoms with Gasteiger partial charge in [0.15, 0.2) is 0 Å². The van der Waals surface area contributed by atoms with Gasteiger partial charge in [-0.2, -0.15) is 0 Å². The molecule has 0 aromatic heterocycles. The van der Waals surface area contributed by atoms with Crippen LogP contribution < -0.4 is 15.8 Å². The lowest BCUT2D eigenvalue weighted by atomic mass is 10.2. The van der Waals surface area contributed by atoms with Crippen LogP contribution in [-0.2, 0) is 10.0 Å². The largest absolute Gasteiger partial charge is 0.398 e. The van der Waals surface area contributed by atoms with Crippen molar-refractivity contribution in [2.45, 2.75) is 18.7 Å². The van der Waals surface area contributed by atoms with E-state index >= 15 is 0 Å². The highest BCUT2D eigenvalue weighted by Gasteiger charge is 2.21. The molecular weight excluding hydrogens is 242 g/mol. The third kappa shape index (κ3) is 3.10. The number of benzene rings is 1. The summed E-state index contributed by atoms with van der Waals surface area (Å²) in [6.45, 7) is 3.64. The molecule has 1 rings (SSSR count). The molecule has 0 aliphatic heterocycles. The molecule has 0 radical (unpaired) electrons. The minimum absolute atomic E-state index is 0.0637. The molecule has 4 N–H and O–H groups in total. The molecule has 0 spiro atoms. The van der Waals surface area contributed by atoms with Gasteiger partial charge in [0, 0.05) is 6.54 Å². The van der Waals surface area contributed by atoms with Gasteiger partial charge >= 0.3 is 6.03 Å². The minimum Gasteiger partial charge on any atom is -0.398 e. The second-order valence-corrected chi connectivity index (χ2v) is 5.08. The van der Waals surface area contributed by atoms with Crippen LogP contribution in [0, 0.1) is 6.92 Å². The number of carbonyl (C=O) groups excluding carboxylic acids is 1. The lowest BCUT2D eigenvalue weighted by Gasteiger charge is -2.11. The zero-order valence-electron chi connectivity index (χ0n) is 9.65. The molecule has 17 heavy (non-hydrogen) atoms. The Bertz CT molecular complexity index is 505. The maximum absolute atomic E-state index is 11.9. The third-order valence-corrected chi connectivity index (χ3v) is 3.62. The Kier molecular flexibility index (Phi) is 3.95. The summed E-state index contributed by atoms with van der Waals surface area (Å²) < 4.78 is 25.7. The highest BCUT2D eigenvalue weighted by atomic mass is 32.2. The number of hydrogen-bond acceptors (Lipinski definition) is 4. The monoisotopic (exact) mass is 257 g/mol. The van der Waals surface area contributed by atoms with Crippen LogP contribution in [0.2, 0.25) is 0 Å². The van der Waals surface area contributed by atoms with Gasteiger partial charge in [-0.25, -0.2) is 17.9 Å².